The van der Waals surface area contributed by atoms with Crippen LogP contribution in [0.3, 0.4) is 0 Å². The van der Waals surface area contributed by atoms with Crippen molar-refractivity contribution in [3.05, 3.63) is 18.2 Å². The Bertz CT molecular complexity index is 555. The number of fused-ring (bicyclic) bond motifs is 1. The van der Waals surface area contributed by atoms with E-state index in [1.807, 2.05) is 32.0 Å². The number of nitrogens with one attached hydrogen (secondary N) is 1. The molecule has 2 atom stereocenters. The Kier molecular flexibility index (Phi) is 3.43. The van der Waals surface area contributed by atoms with E-state index in [4.69, 9.17) is 14.6 Å². The van der Waals surface area contributed by atoms with Crippen molar-refractivity contribution in [3.63, 3.8) is 0 Å². The maximum absolute atomic E-state index is 11.1. The van der Waals surface area contributed by atoms with Crippen LogP contribution in [-0.4, -0.2) is 22.9 Å². The molecule has 0 aromatic heterocycles. The number of aliphatic carboxylic acids is 1. The summed E-state index contributed by atoms with van der Waals surface area (Å²) in [7, 11) is 0. The monoisotopic (exact) mass is 291 g/mol. The van der Waals surface area contributed by atoms with Crippen LogP contribution in [0.2, 0.25) is 0 Å². The van der Waals surface area contributed by atoms with Crippen LogP contribution in [0.1, 0.15) is 39.5 Å². The molecule has 21 heavy (non-hydrogen) atoms. The molecule has 3 rings (SSSR count). The summed E-state index contributed by atoms with van der Waals surface area (Å²) in [5.74, 6) is -0.0634. The quantitative estimate of drug-likeness (QED) is 0.894. The number of hydrogen-bond acceptors (Lipinski definition) is 4. The Morgan fingerprint density at radius 2 is 2.05 bits per heavy atom. The zero-order chi connectivity index (χ0) is 15.0. The second-order valence-electron chi connectivity index (χ2n) is 6.31. The molecule has 0 amide bonds. The second-order valence-corrected chi connectivity index (χ2v) is 6.31. The fourth-order valence-corrected chi connectivity index (χ4v) is 3.09. The van der Waals surface area contributed by atoms with Crippen molar-refractivity contribution in [1.82, 2.24) is 0 Å². The molecule has 1 aliphatic heterocycles. The Balaban J connectivity index is 1.68. The van der Waals surface area contributed by atoms with Crippen molar-refractivity contribution in [2.75, 3.05) is 5.32 Å². The number of anilines is 1. The number of rotatable bonds is 3. The lowest BCUT2D eigenvalue weighted by atomic mass is 9.85. The van der Waals surface area contributed by atoms with Gasteiger partial charge >= 0.3 is 5.97 Å². The van der Waals surface area contributed by atoms with Crippen LogP contribution in [0.4, 0.5) is 5.69 Å². The number of ether oxygens (including phenoxy) is 2. The van der Waals surface area contributed by atoms with Crippen molar-refractivity contribution in [3.8, 4) is 11.5 Å². The number of benzene rings is 1. The van der Waals surface area contributed by atoms with Gasteiger partial charge in [0.1, 0.15) is 0 Å². The van der Waals surface area contributed by atoms with E-state index in [1.54, 1.807) is 0 Å². The number of hydrogen-bond donors (Lipinski definition) is 2. The summed E-state index contributed by atoms with van der Waals surface area (Å²) in [6.45, 7) is 3.75. The molecule has 1 heterocycles. The number of carboxylic acids is 1. The zero-order valence-electron chi connectivity index (χ0n) is 12.4. The van der Waals surface area contributed by atoms with Crippen molar-refractivity contribution in [2.24, 2.45) is 5.92 Å². The minimum absolute atomic E-state index is 0.202. The lowest BCUT2D eigenvalue weighted by Gasteiger charge is -2.28. The van der Waals surface area contributed by atoms with Gasteiger partial charge in [0, 0.05) is 31.6 Å². The van der Waals surface area contributed by atoms with Gasteiger partial charge in [-0.3, -0.25) is 4.79 Å². The summed E-state index contributed by atoms with van der Waals surface area (Å²) in [6, 6.07) is 5.97. The van der Waals surface area contributed by atoms with Crippen LogP contribution in [0.25, 0.3) is 0 Å². The second kappa shape index (κ2) is 5.13. The molecule has 114 valence electrons. The van der Waals surface area contributed by atoms with E-state index >= 15 is 0 Å². The third kappa shape index (κ3) is 3.06. The van der Waals surface area contributed by atoms with Gasteiger partial charge in [-0.05, 0) is 31.4 Å². The largest absolute Gasteiger partial charge is 0.481 e. The molecule has 2 N–H and O–H groups in total. The van der Waals surface area contributed by atoms with Crippen molar-refractivity contribution < 1.29 is 19.4 Å². The molecule has 0 spiro atoms. The van der Waals surface area contributed by atoms with E-state index in [9.17, 15) is 4.79 Å². The summed E-state index contributed by atoms with van der Waals surface area (Å²) in [5, 5.41) is 12.6. The maximum Gasteiger partial charge on any atom is 0.306 e. The van der Waals surface area contributed by atoms with E-state index in [1.165, 1.54) is 0 Å². The van der Waals surface area contributed by atoms with E-state index in [2.05, 4.69) is 5.32 Å². The molecule has 5 nitrogen and oxygen atoms in total. The first-order chi connectivity index (χ1) is 9.93. The Hall–Kier alpha value is -1.91. The van der Waals surface area contributed by atoms with Gasteiger partial charge in [0.05, 0.1) is 5.92 Å². The van der Waals surface area contributed by atoms with Gasteiger partial charge in [-0.2, -0.15) is 0 Å². The molecule has 5 heteroatoms. The molecule has 1 saturated carbocycles. The van der Waals surface area contributed by atoms with Crippen LogP contribution >= 0.6 is 0 Å². The van der Waals surface area contributed by atoms with Gasteiger partial charge in [-0.25, -0.2) is 0 Å². The number of carbonyl (C=O) groups is 1. The Labute approximate surface area is 124 Å². The average molecular weight is 291 g/mol. The molecule has 2 aliphatic rings. The Morgan fingerprint density at radius 1 is 1.29 bits per heavy atom. The van der Waals surface area contributed by atoms with Crippen LogP contribution < -0.4 is 14.8 Å². The predicted molar refractivity (Wildman–Crippen MR) is 78.8 cm³/mol. The first-order valence-corrected chi connectivity index (χ1v) is 7.44. The summed E-state index contributed by atoms with van der Waals surface area (Å²) in [6.07, 6.45) is 3.41. The van der Waals surface area contributed by atoms with Gasteiger partial charge in [-0.1, -0.05) is 6.42 Å². The maximum atomic E-state index is 11.1. The zero-order valence-corrected chi connectivity index (χ0v) is 12.4. The predicted octanol–water partition coefficient (Wildman–Crippen LogP) is 3.25. The smallest absolute Gasteiger partial charge is 0.306 e. The minimum atomic E-state index is -0.686. The van der Waals surface area contributed by atoms with Crippen LogP contribution in [-0.2, 0) is 4.79 Å². The molecule has 1 aromatic carbocycles. The molecule has 2 unspecified atom stereocenters. The van der Waals surface area contributed by atoms with Crippen LogP contribution in [0, 0.1) is 5.92 Å². The van der Waals surface area contributed by atoms with E-state index in [-0.39, 0.29) is 12.0 Å². The first-order valence-electron chi connectivity index (χ1n) is 7.44. The normalized spacial score (nSPS) is 26.4. The summed E-state index contributed by atoms with van der Waals surface area (Å²) in [4.78, 5) is 11.1. The van der Waals surface area contributed by atoms with E-state index in [0.717, 1.165) is 36.4 Å². The lowest BCUT2D eigenvalue weighted by molar-refractivity contribution is -0.142. The highest BCUT2D eigenvalue weighted by atomic mass is 16.7. The highest BCUT2D eigenvalue weighted by Gasteiger charge is 2.32. The van der Waals surface area contributed by atoms with Gasteiger partial charge in [0.2, 0.25) is 5.79 Å². The molecule has 0 bridgehead atoms. The molecule has 1 fully saturated rings. The molecule has 0 saturated heterocycles. The van der Waals surface area contributed by atoms with Gasteiger partial charge in [-0.15, -0.1) is 0 Å². The Morgan fingerprint density at radius 3 is 2.81 bits per heavy atom. The van der Waals surface area contributed by atoms with Crippen LogP contribution in [0.15, 0.2) is 18.2 Å². The molecular formula is C16H21NO4. The topological polar surface area (TPSA) is 67.8 Å². The molecule has 1 aliphatic carbocycles. The fraction of sp³-hybridized carbons (Fsp3) is 0.562. The van der Waals surface area contributed by atoms with Gasteiger partial charge in [0.15, 0.2) is 11.5 Å². The molecule has 0 radical (unpaired) electrons. The standard InChI is InChI=1S/C16H21NO4/c1-16(2)20-13-7-6-12(9-14(13)21-16)17-11-5-3-4-10(8-11)15(18)19/h6-7,9-11,17H,3-5,8H2,1-2H3,(H,18,19). The highest BCUT2D eigenvalue weighted by Crippen LogP contribution is 2.41. The van der Waals surface area contributed by atoms with Crippen molar-refractivity contribution in [2.45, 2.75) is 51.4 Å². The molecular weight excluding hydrogens is 270 g/mol. The highest BCUT2D eigenvalue weighted by molar-refractivity contribution is 5.70. The summed E-state index contributed by atoms with van der Waals surface area (Å²) in [5.41, 5.74) is 0.950. The lowest BCUT2D eigenvalue weighted by Crippen LogP contribution is -2.30. The third-order valence-electron chi connectivity index (χ3n) is 4.05. The van der Waals surface area contributed by atoms with Crippen molar-refractivity contribution >= 4 is 11.7 Å². The first kappa shape index (κ1) is 14.0. The number of carboxylic acid groups (broad SMARTS) is 1. The van der Waals surface area contributed by atoms with Gasteiger partial charge < -0.3 is 19.9 Å². The summed E-state index contributed by atoms with van der Waals surface area (Å²) < 4.78 is 11.4. The fourth-order valence-electron chi connectivity index (χ4n) is 3.09. The third-order valence-corrected chi connectivity index (χ3v) is 4.05. The summed E-state index contributed by atoms with van der Waals surface area (Å²) >= 11 is 0. The average Bonchev–Trinajstić information content (AvgIpc) is 2.72. The SMILES string of the molecule is CC1(C)Oc2ccc(NC3CCCC(C(=O)O)C3)cc2O1. The van der Waals surface area contributed by atoms with Crippen LogP contribution in [0.5, 0.6) is 11.5 Å². The van der Waals surface area contributed by atoms with Crippen molar-refractivity contribution in [1.29, 1.82) is 0 Å². The molecule has 1 aromatic rings. The minimum Gasteiger partial charge on any atom is -0.481 e. The van der Waals surface area contributed by atoms with E-state index < -0.39 is 11.8 Å². The van der Waals surface area contributed by atoms with E-state index in [0.29, 0.717) is 6.42 Å². The van der Waals surface area contributed by atoms with Gasteiger partial charge in [0.25, 0.3) is 0 Å².